The molecule has 0 fully saturated rings. The Labute approximate surface area is 108 Å². The Balaban J connectivity index is 0.000000873. The van der Waals surface area contributed by atoms with Gasteiger partial charge in [0, 0.05) is 19.2 Å². The van der Waals surface area contributed by atoms with E-state index >= 15 is 0 Å². The van der Waals surface area contributed by atoms with Crippen LogP contribution in [-0.2, 0) is 0 Å². The van der Waals surface area contributed by atoms with Crippen molar-refractivity contribution in [3.8, 4) is 5.75 Å². The van der Waals surface area contributed by atoms with Crippen molar-refractivity contribution in [3.63, 3.8) is 0 Å². The Bertz CT molecular complexity index is 367. The van der Waals surface area contributed by atoms with Gasteiger partial charge < -0.3 is 10.1 Å². The largest absolute Gasteiger partial charge is 0.491 e. The molecule has 1 aromatic rings. The first-order valence-electron chi connectivity index (χ1n) is 6.19. The van der Waals surface area contributed by atoms with E-state index in [2.05, 4.69) is 19.2 Å². The van der Waals surface area contributed by atoms with Crippen molar-refractivity contribution in [1.29, 1.82) is 0 Å². The van der Waals surface area contributed by atoms with Crippen LogP contribution in [0, 0.1) is 10.1 Å². The molecule has 18 heavy (non-hydrogen) atoms. The molecule has 0 aromatic heterocycles. The standard InChI is InChI=1S/C10H14N2O3.C3H8/c1-3-6-15-10-5-4-8(12(13)14)7-9(10)11-2;1-3-2/h4-5,7,11H,3,6H2,1-2H3;3H2,1-2H3. The number of hydrogen-bond acceptors (Lipinski definition) is 4. The van der Waals surface area contributed by atoms with E-state index in [0.717, 1.165) is 6.42 Å². The molecule has 1 N–H and O–H groups in total. The van der Waals surface area contributed by atoms with Crippen molar-refractivity contribution in [3.05, 3.63) is 28.3 Å². The highest BCUT2D eigenvalue weighted by molar-refractivity contribution is 5.61. The molecule has 0 aliphatic rings. The minimum atomic E-state index is -0.426. The Kier molecular flexibility index (Phi) is 8.35. The van der Waals surface area contributed by atoms with E-state index in [1.807, 2.05) is 6.92 Å². The second kappa shape index (κ2) is 9.27. The first-order chi connectivity index (χ1) is 8.60. The lowest BCUT2D eigenvalue weighted by Crippen LogP contribution is -2.00. The highest BCUT2D eigenvalue weighted by Gasteiger charge is 2.10. The number of nitro benzene ring substituents is 1. The van der Waals surface area contributed by atoms with Crippen LogP contribution in [0.25, 0.3) is 0 Å². The van der Waals surface area contributed by atoms with E-state index in [1.54, 1.807) is 13.1 Å². The van der Waals surface area contributed by atoms with Gasteiger partial charge in [-0.25, -0.2) is 0 Å². The summed E-state index contributed by atoms with van der Waals surface area (Å²) in [6.45, 7) is 6.86. The second-order valence-electron chi connectivity index (χ2n) is 3.74. The quantitative estimate of drug-likeness (QED) is 0.640. The Morgan fingerprint density at radius 1 is 1.33 bits per heavy atom. The fourth-order valence-corrected chi connectivity index (χ4v) is 1.16. The van der Waals surface area contributed by atoms with E-state index in [9.17, 15) is 10.1 Å². The average molecular weight is 254 g/mol. The van der Waals surface area contributed by atoms with Crippen molar-refractivity contribution < 1.29 is 9.66 Å². The lowest BCUT2D eigenvalue weighted by Gasteiger charge is -2.09. The van der Waals surface area contributed by atoms with Gasteiger partial charge in [0.25, 0.3) is 5.69 Å². The molecule has 5 nitrogen and oxygen atoms in total. The van der Waals surface area contributed by atoms with E-state index in [0.29, 0.717) is 18.0 Å². The van der Waals surface area contributed by atoms with Crippen molar-refractivity contribution in [2.75, 3.05) is 19.0 Å². The smallest absolute Gasteiger partial charge is 0.271 e. The van der Waals surface area contributed by atoms with Crippen molar-refractivity contribution in [1.82, 2.24) is 0 Å². The van der Waals surface area contributed by atoms with Crippen LogP contribution in [0.15, 0.2) is 18.2 Å². The molecule has 0 saturated heterocycles. The molecular weight excluding hydrogens is 232 g/mol. The summed E-state index contributed by atoms with van der Waals surface area (Å²) < 4.78 is 5.43. The highest BCUT2D eigenvalue weighted by Crippen LogP contribution is 2.28. The molecule has 0 heterocycles. The number of nitrogens with one attached hydrogen (secondary N) is 1. The summed E-state index contributed by atoms with van der Waals surface area (Å²) in [5.74, 6) is 0.643. The summed E-state index contributed by atoms with van der Waals surface area (Å²) in [6.07, 6.45) is 2.15. The molecule has 102 valence electrons. The lowest BCUT2D eigenvalue weighted by molar-refractivity contribution is -0.384. The fourth-order valence-electron chi connectivity index (χ4n) is 1.16. The minimum Gasteiger partial charge on any atom is -0.491 e. The molecule has 0 aliphatic carbocycles. The van der Waals surface area contributed by atoms with E-state index in [-0.39, 0.29) is 5.69 Å². The number of nitrogens with zero attached hydrogens (tertiary/aromatic N) is 1. The van der Waals surface area contributed by atoms with Gasteiger partial charge in [-0.05, 0) is 12.5 Å². The van der Waals surface area contributed by atoms with E-state index in [4.69, 9.17) is 4.74 Å². The number of nitro groups is 1. The highest BCUT2D eigenvalue weighted by atomic mass is 16.6. The third-order valence-corrected chi connectivity index (χ3v) is 1.90. The lowest BCUT2D eigenvalue weighted by atomic mass is 10.2. The summed E-state index contributed by atoms with van der Waals surface area (Å²) in [4.78, 5) is 10.1. The fraction of sp³-hybridized carbons (Fsp3) is 0.538. The zero-order chi connectivity index (χ0) is 14.0. The van der Waals surface area contributed by atoms with Gasteiger partial charge in [0.1, 0.15) is 5.75 Å². The number of anilines is 1. The molecule has 0 radical (unpaired) electrons. The minimum absolute atomic E-state index is 0.0585. The van der Waals surface area contributed by atoms with Crippen molar-refractivity contribution >= 4 is 11.4 Å². The summed E-state index contributed by atoms with van der Waals surface area (Å²) >= 11 is 0. The van der Waals surface area contributed by atoms with Crippen LogP contribution in [-0.4, -0.2) is 18.6 Å². The third kappa shape index (κ3) is 5.52. The molecule has 0 unspecified atom stereocenters. The summed E-state index contributed by atoms with van der Waals surface area (Å²) in [7, 11) is 1.71. The number of benzene rings is 1. The van der Waals surface area contributed by atoms with Crippen LogP contribution in [0.3, 0.4) is 0 Å². The first-order valence-corrected chi connectivity index (χ1v) is 6.19. The maximum Gasteiger partial charge on any atom is 0.271 e. The molecule has 0 aliphatic heterocycles. The molecule has 0 bridgehead atoms. The predicted molar refractivity (Wildman–Crippen MR) is 74.4 cm³/mol. The Hall–Kier alpha value is -1.78. The first kappa shape index (κ1) is 16.2. The van der Waals surface area contributed by atoms with Crippen LogP contribution in [0.4, 0.5) is 11.4 Å². The van der Waals surface area contributed by atoms with Crippen molar-refractivity contribution in [2.24, 2.45) is 0 Å². The van der Waals surface area contributed by atoms with Gasteiger partial charge in [-0.15, -0.1) is 0 Å². The average Bonchev–Trinajstić information content (AvgIpc) is 2.36. The summed E-state index contributed by atoms with van der Waals surface area (Å²) in [5.41, 5.74) is 0.695. The molecule has 0 spiro atoms. The van der Waals surface area contributed by atoms with Gasteiger partial charge in [-0.3, -0.25) is 10.1 Å². The Morgan fingerprint density at radius 2 is 1.94 bits per heavy atom. The number of rotatable bonds is 5. The van der Waals surface area contributed by atoms with Crippen molar-refractivity contribution in [2.45, 2.75) is 33.6 Å². The maximum absolute atomic E-state index is 10.5. The third-order valence-electron chi connectivity index (χ3n) is 1.90. The van der Waals surface area contributed by atoms with Gasteiger partial charge in [0.05, 0.1) is 17.2 Å². The number of hydrogen-bond donors (Lipinski definition) is 1. The van der Waals surface area contributed by atoms with Crippen LogP contribution in [0.1, 0.15) is 33.6 Å². The van der Waals surface area contributed by atoms with Gasteiger partial charge in [-0.2, -0.15) is 0 Å². The number of ether oxygens (including phenoxy) is 1. The molecular formula is C13H22N2O3. The van der Waals surface area contributed by atoms with Crippen LogP contribution in [0.2, 0.25) is 0 Å². The van der Waals surface area contributed by atoms with Crippen LogP contribution in [0.5, 0.6) is 5.75 Å². The monoisotopic (exact) mass is 254 g/mol. The predicted octanol–water partition coefficient (Wildman–Crippen LogP) is 3.84. The Morgan fingerprint density at radius 3 is 2.39 bits per heavy atom. The SMILES string of the molecule is CCC.CCCOc1ccc([N+](=O)[O-])cc1NC. The molecule has 0 amide bonds. The van der Waals surface area contributed by atoms with Gasteiger partial charge in [0.2, 0.25) is 0 Å². The van der Waals surface area contributed by atoms with Gasteiger partial charge in [-0.1, -0.05) is 27.2 Å². The van der Waals surface area contributed by atoms with Gasteiger partial charge in [0.15, 0.2) is 0 Å². The van der Waals surface area contributed by atoms with Crippen LogP contribution >= 0.6 is 0 Å². The zero-order valence-corrected chi connectivity index (χ0v) is 11.5. The normalized spacial score (nSPS) is 9.11. The van der Waals surface area contributed by atoms with Crippen LogP contribution < -0.4 is 10.1 Å². The topological polar surface area (TPSA) is 64.4 Å². The maximum atomic E-state index is 10.5. The summed E-state index contributed by atoms with van der Waals surface area (Å²) in [5, 5.41) is 13.4. The molecule has 5 heteroatoms. The molecule has 1 aromatic carbocycles. The number of non-ortho nitro benzene ring substituents is 1. The van der Waals surface area contributed by atoms with E-state index < -0.39 is 4.92 Å². The summed E-state index contributed by atoms with van der Waals surface area (Å²) in [6, 6.07) is 4.51. The van der Waals surface area contributed by atoms with Gasteiger partial charge >= 0.3 is 0 Å². The second-order valence-corrected chi connectivity index (χ2v) is 3.74. The molecule has 0 saturated carbocycles. The molecule has 0 atom stereocenters. The van der Waals surface area contributed by atoms with E-state index in [1.165, 1.54) is 18.6 Å². The zero-order valence-electron chi connectivity index (χ0n) is 11.5. The molecule has 1 rings (SSSR count).